The van der Waals surface area contributed by atoms with Gasteiger partial charge in [0, 0.05) is 24.7 Å². The van der Waals surface area contributed by atoms with E-state index < -0.39 is 0 Å². The highest BCUT2D eigenvalue weighted by atomic mass is 35.5. The first-order valence-corrected chi connectivity index (χ1v) is 8.09. The van der Waals surface area contributed by atoms with Gasteiger partial charge in [0.1, 0.15) is 23.9 Å². The van der Waals surface area contributed by atoms with Crippen molar-refractivity contribution in [2.24, 2.45) is 5.73 Å². The number of nitrogens with two attached hydrogens (primary N) is 1. The zero-order chi connectivity index (χ0) is 18.1. The molecule has 0 heterocycles. The Bertz CT molecular complexity index is 670. The molecular formula is C19H25ClN2O4. The second kappa shape index (κ2) is 11.2. The molecule has 0 aromatic heterocycles. The molecule has 0 fully saturated rings. The van der Waals surface area contributed by atoms with E-state index in [0.29, 0.717) is 37.5 Å². The van der Waals surface area contributed by atoms with E-state index in [-0.39, 0.29) is 18.3 Å². The Hall–Kier alpha value is -2.44. The first kappa shape index (κ1) is 21.6. The summed E-state index contributed by atoms with van der Waals surface area (Å²) in [5, 5.41) is 2.87. The highest BCUT2D eigenvalue weighted by molar-refractivity contribution is 5.90. The van der Waals surface area contributed by atoms with E-state index in [4.69, 9.17) is 19.9 Å². The van der Waals surface area contributed by atoms with Crippen LogP contribution in [-0.4, -0.2) is 33.3 Å². The van der Waals surface area contributed by atoms with Crippen molar-refractivity contribution in [3.63, 3.8) is 0 Å². The van der Waals surface area contributed by atoms with Gasteiger partial charge in [-0.25, -0.2) is 0 Å². The molecular weight excluding hydrogens is 356 g/mol. The highest BCUT2D eigenvalue weighted by Crippen LogP contribution is 2.23. The molecule has 1 amide bonds. The first-order valence-electron chi connectivity index (χ1n) is 8.09. The van der Waals surface area contributed by atoms with E-state index in [1.165, 1.54) is 0 Å². The maximum atomic E-state index is 12.1. The number of nitrogens with one attached hydrogen (secondary N) is 1. The van der Waals surface area contributed by atoms with Gasteiger partial charge in [-0.05, 0) is 48.4 Å². The molecule has 0 aliphatic heterocycles. The number of anilines is 1. The molecule has 2 aromatic carbocycles. The van der Waals surface area contributed by atoms with Crippen LogP contribution in [0.15, 0.2) is 42.5 Å². The van der Waals surface area contributed by atoms with E-state index in [9.17, 15) is 4.79 Å². The van der Waals surface area contributed by atoms with Crippen molar-refractivity contribution in [3.8, 4) is 17.2 Å². The summed E-state index contributed by atoms with van der Waals surface area (Å²) in [6.07, 6.45) is 0.957. The van der Waals surface area contributed by atoms with Gasteiger partial charge in [0.05, 0.1) is 14.2 Å². The maximum absolute atomic E-state index is 12.1. The lowest BCUT2D eigenvalue weighted by Crippen LogP contribution is -2.13. The van der Waals surface area contributed by atoms with Crippen LogP contribution in [0.5, 0.6) is 17.2 Å². The third-order valence-electron chi connectivity index (χ3n) is 3.58. The van der Waals surface area contributed by atoms with Crippen molar-refractivity contribution in [1.29, 1.82) is 0 Å². The van der Waals surface area contributed by atoms with Gasteiger partial charge in [0.25, 0.3) is 0 Å². The average molecular weight is 381 g/mol. The molecule has 3 N–H and O–H groups in total. The number of carbonyl (C=O) groups is 1. The quantitative estimate of drug-likeness (QED) is 0.698. The van der Waals surface area contributed by atoms with Crippen LogP contribution in [0.25, 0.3) is 0 Å². The Morgan fingerprint density at radius 3 is 2.15 bits per heavy atom. The summed E-state index contributed by atoms with van der Waals surface area (Å²) in [6, 6.07) is 12.8. The molecule has 0 unspecified atom stereocenters. The average Bonchev–Trinajstić information content (AvgIpc) is 2.65. The Kier molecular flexibility index (Phi) is 9.33. The Morgan fingerprint density at radius 2 is 1.62 bits per heavy atom. The second-order valence-electron chi connectivity index (χ2n) is 5.43. The molecule has 2 rings (SSSR count). The SMILES string of the molecule is COc1cc(CCC(=O)Nc2ccc(OCCN)cc2)cc(OC)c1.Cl. The van der Waals surface area contributed by atoms with E-state index >= 15 is 0 Å². The lowest BCUT2D eigenvalue weighted by atomic mass is 10.1. The van der Waals surface area contributed by atoms with Crippen LogP contribution in [0.2, 0.25) is 0 Å². The predicted octanol–water partition coefficient (Wildman–Crippen LogP) is 3.03. The summed E-state index contributed by atoms with van der Waals surface area (Å²) in [6.45, 7) is 0.934. The molecule has 0 saturated heterocycles. The lowest BCUT2D eigenvalue weighted by molar-refractivity contribution is -0.116. The van der Waals surface area contributed by atoms with Gasteiger partial charge in [-0.2, -0.15) is 0 Å². The van der Waals surface area contributed by atoms with Crippen molar-refractivity contribution in [2.75, 3.05) is 32.7 Å². The van der Waals surface area contributed by atoms with Gasteiger partial charge in [-0.15, -0.1) is 12.4 Å². The van der Waals surface area contributed by atoms with Gasteiger partial charge < -0.3 is 25.3 Å². The summed E-state index contributed by atoms with van der Waals surface area (Å²) in [7, 11) is 3.21. The molecule has 0 saturated carbocycles. The lowest BCUT2D eigenvalue weighted by Gasteiger charge is -2.09. The van der Waals surface area contributed by atoms with Crippen LogP contribution in [0, 0.1) is 0 Å². The van der Waals surface area contributed by atoms with Gasteiger partial charge in [0.15, 0.2) is 0 Å². The van der Waals surface area contributed by atoms with Gasteiger partial charge in [-0.1, -0.05) is 0 Å². The number of aryl methyl sites for hydroxylation is 1. The highest BCUT2D eigenvalue weighted by Gasteiger charge is 2.06. The minimum absolute atomic E-state index is 0. The fourth-order valence-electron chi connectivity index (χ4n) is 2.30. The summed E-state index contributed by atoms with van der Waals surface area (Å²) >= 11 is 0. The van der Waals surface area contributed by atoms with Crippen molar-refractivity contribution < 1.29 is 19.0 Å². The van der Waals surface area contributed by atoms with E-state index in [2.05, 4.69) is 5.32 Å². The minimum Gasteiger partial charge on any atom is -0.497 e. The van der Waals surface area contributed by atoms with Crippen LogP contribution in [0.1, 0.15) is 12.0 Å². The third kappa shape index (κ3) is 6.82. The number of hydrogen-bond acceptors (Lipinski definition) is 5. The molecule has 0 spiro atoms. The molecule has 0 bridgehead atoms. The molecule has 0 atom stereocenters. The van der Waals surface area contributed by atoms with Gasteiger partial charge in [-0.3, -0.25) is 4.79 Å². The largest absolute Gasteiger partial charge is 0.497 e. The molecule has 0 aliphatic carbocycles. The minimum atomic E-state index is -0.0580. The predicted molar refractivity (Wildman–Crippen MR) is 105 cm³/mol. The van der Waals surface area contributed by atoms with E-state index in [1.54, 1.807) is 44.6 Å². The molecule has 142 valence electrons. The molecule has 7 heteroatoms. The smallest absolute Gasteiger partial charge is 0.224 e. The maximum Gasteiger partial charge on any atom is 0.224 e. The van der Waals surface area contributed by atoms with E-state index in [0.717, 1.165) is 17.0 Å². The molecule has 0 aliphatic rings. The number of carbonyl (C=O) groups excluding carboxylic acids is 1. The number of methoxy groups -OCH3 is 2. The monoisotopic (exact) mass is 380 g/mol. The fourth-order valence-corrected chi connectivity index (χ4v) is 2.30. The number of rotatable bonds is 9. The summed E-state index contributed by atoms with van der Waals surface area (Å²) in [5.74, 6) is 2.09. The fraction of sp³-hybridized carbons (Fsp3) is 0.316. The summed E-state index contributed by atoms with van der Waals surface area (Å²) in [4.78, 5) is 12.1. The van der Waals surface area contributed by atoms with Gasteiger partial charge >= 0.3 is 0 Å². The van der Waals surface area contributed by atoms with E-state index in [1.807, 2.05) is 12.1 Å². The number of hydrogen-bond donors (Lipinski definition) is 2. The Morgan fingerprint density at radius 1 is 1.00 bits per heavy atom. The number of benzene rings is 2. The molecule has 0 radical (unpaired) electrons. The van der Waals surface area contributed by atoms with Crippen molar-refractivity contribution in [1.82, 2.24) is 0 Å². The molecule has 26 heavy (non-hydrogen) atoms. The topological polar surface area (TPSA) is 82.8 Å². The van der Waals surface area contributed by atoms with Crippen molar-refractivity contribution in [2.45, 2.75) is 12.8 Å². The Labute approximate surface area is 160 Å². The van der Waals surface area contributed by atoms with Crippen LogP contribution in [-0.2, 0) is 11.2 Å². The summed E-state index contributed by atoms with van der Waals surface area (Å²) < 4.78 is 15.9. The van der Waals surface area contributed by atoms with Crippen molar-refractivity contribution >= 4 is 24.0 Å². The van der Waals surface area contributed by atoms with Crippen LogP contribution >= 0.6 is 12.4 Å². The second-order valence-corrected chi connectivity index (χ2v) is 5.43. The zero-order valence-corrected chi connectivity index (χ0v) is 15.8. The zero-order valence-electron chi connectivity index (χ0n) is 15.0. The number of amides is 1. The number of ether oxygens (including phenoxy) is 3. The van der Waals surface area contributed by atoms with Crippen LogP contribution in [0.4, 0.5) is 5.69 Å². The molecule has 6 nitrogen and oxygen atoms in total. The standard InChI is InChI=1S/C19H24N2O4.ClH/c1-23-17-11-14(12-18(13-17)24-2)3-8-19(22)21-15-4-6-16(7-5-15)25-10-9-20;/h4-7,11-13H,3,8-10,20H2,1-2H3,(H,21,22);1H. The third-order valence-corrected chi connectivity index (χ3v) is 3.58. The Balaban J connectivity index is 0.00000338. The van der Waals surface area contributed by atoms with Crippen molar-refractivity contribution in [3.05, 3.63) is 48.0 Å². The summed E-state index contributed by atoms with van der Waals surface area (Å²) in [5.41, 5.74) is 7.11. The number of halogens is 1. The van der Waals surface area contributed by atoms with Gasteiger partial charge in [0.2, 0.25) is 5.91 Å². The molecule has 2 aromatic rings. The normalized spacial score (nSPS) is 9.81. The van der Waals surface area contributed by atoms with Crippen LogP contribution in [0.3, 0.4) is 0 Å². The first-order chi connectivity index (χ1) is 12.1. The van der Waals surface area contributed by atoms with Crippen LogP contribution < -0.4 is 25.3 Å².